The van der Waals surface area contributed by atoms with E-state index in [0.29, 0.717) is 17.5 Å². The third-order valence-corrected chi connectivity index (χ3v) is 4.51. The molecule has 1 aromatic rings. The van der Waals surface area contributed by atoms with Crippen molar-refractivity contribution in [2.75, 3.05) is 6.61 Å². The molecule has 2 nitrogen and oxygen atoms in total. The summed E-state index contributed by atoms with van der Waals surface area (Å²) in [4.78, 5) is 0. The summed E-state index contributed by atoms with van der Waals surface area (Å²) in [6.45, 7) is 9.78. The second-order valence-corrected chi connectivity index (χ2v) is 6.80. The summed E-state index contributed by atoms with van der Waals surface area (Å²) in [6, 6.07) is 9.39. The molecular formula is C18H29NO. The topological polar surface area (TPSA) is 21.3 Å². The first-order valence-corrected chi connectivity index (χ1v) is 7.99. The van der Waals surface area contributed by atoms with Crippen LogP contribution in [0.15, 0.2) is 24.3 Å². The molecule has 1 aliphatic carbocycles. The van der Waals surface area contributed by atoms with E-state index >= 15 is 0 Å². The number of rotatable bonds is 5. The molecule has 0 heterocycles. The van der Waals surface area contributed by atoms with E-state index < -0.39 is 0 Å². The summed E-state index contributed by atoms with van der Waals surface area (Å²) < 4.78 is 5.74. The molecule has 0 bridgehead atoms. The largest absolute Gasteiger partial charge is 0.494 e. The monoisotopic (exact) mass is 275 g/mol. The molecular weight excluding hydrogens is 246 g/mol. The third-order valence-electron chi connectivity index (χ3n) is 4.51. The van der Waals surface area contributed by atoms with Crippen LogP contribution in [0.5, 0.6) is 5.75 Å². The summed E-state index contributed by atoms with van der Waals surface area (Å²) >= 11 is 0. The minimum absolute atomic E-state index is 0.351. The van der Waals surface area contributed by atoms with E-state index in [4.69, 9.17) is 4.74 Å². The van der Waals surface area contributed by atoms with Crippen LogP contribution >= 0.6 is 0 Å². The van der Waals surface area contributed by atoms with Gasteiger partial charge in [0, 0.05) is 17.6 Å². The Balaban J connectivity index is 1.97. The lowest BCUT2D eigenvalue weighted by Crippen LogP contribution is -2.37. The van der Waals surface area contributed by atoms with Crippen LogP contribution < -0.4 is 10.1 Å². The number of nitrogens with one attached hydrogen (secondary N) is 1. The second kappa shape index (κ2) is 6.62. The second-order valence-electron chi connectivity index (χ2n) is 6.80. The summed E-state index contributed by atoms with van der Waals surface area (Å²) in [5.74, 6) is 1.02. The van der Waals surface area contributed by atoms with Crippen molar-refractivity contribution in [1.29, 1.82) is 0 Å². The summed E-state index contributed by atoms with van der Waals surface area (Å²) in [7, 11) is 0. The predicted molar refractivity (Wildman–Crippen MR) is 85.2 cm³/mol. The van der Waals surface area contributed by atoms with Crippen molar-refractivity contribution in [2.45, 2.75) is 65.5 Å². The molecule has 1 unspecified atom stereocenters. The van der Waals surface area contributed by atoms with Crippen LogP contribution in [0.1, 0.15) is 65.0 Å². The van der Waals surface area contributed by atoms with Gasteiger partial charge in [-0.25, -0.2) is 0 Å². The van der Waals surface area contributed by atoms with Crippen LogP contribution in [-0.4, -0.2) is 12.6 Å². The Morgan fingerprint density at radius 2 is 1.90 bits per heavy atom. The summed E-state index contributed by atoms with van der Waals surface area (Å²) in [5.41, 5.74) is 1.81. The zero-order valence-electron chi connectivity index (χ0n) is 13.4. The van der Waals surface area contributed by atoms with Crippen molar-refractivity contribution in [3.8, 4) is 5.75 Å². The highest BCUT2D eigenvalue weighted by Crippen LogP contribution is 2.36. The van der Waals surface area contributed by atoms with Gasteiger partial charge in [-0.15, -0.1) is 0 Å². The Morgan fingerprint density at radius 3 is 2.55 bits per heavy atom. The highest BCUT2D eigenvalue weighted by molar-refractivity contribution is 5.35. The van der Waals surface area contributed by atoms with Gasteiger partial charge in [0.25, 0.3) is 0 Å². The molecule has 20 heavy (non-hydrogen) atoms. The maximum absolute atomic E-state index is 5.74. The molecule has 112 valence electrons. The highest BCUT2D eigenvalue weighted by Gasteiger charge is 2.27. The smallest absolute Gasteiger partial charge is 0.124 e. The molecule has 0 radical (unpaired) electrons. The minimum atomic E-state index is 0.351. The SMILES string of the molecule is CCOc1ccccc1C(C)NC1CCC(C)(C)CC1. The van der Waals surface area contributed by atoms with Gasteiger partial charge in [0.1, 0.15) is 5.75 Å². The first kappa shape index (κ1) is 15.4. The van der Waals surface area contributed by atoms with Crippen molar-refractivity contribution in [3.05, 3.63) is 29.8 Å². The molecule has 0 aliphatic heterocycles. The van der Waals surface area contributed by atoms with E-state index in [2.05, 4.69) is 44.3 Å². The van der Waals surface area contributed by atoms with E-state index in [-0.39, 0.29) is 0 Å². The lowest BCUT2D eigenvalue weighted by Gasteiger charge is -2.36. The zero-order valence-corrected chi connectivity index (χ0v) is 13.4. The average molecular weight is 275 g/mol. The van der Waals surface area contributed by atoms with Crippen molar-refractivity contribution < 1.29 is 4.74 Å². The van der Waals surface area contributed by atoms with Gasteiger partial charge in [0.05, 0.1) is 6.61 Å². The molecule has 0 spiro atoms. The molecule has 1 saturated carbocycles. The van der Waals surface area contributed by atoms with Crippen molar-refractivity contribution in [2.24, 2.45) is 5.41 Å². The Hall–Kier alpha value is -1.02. The standard InChI is InChI=1S/C18H29NO/c1-5-20-17-9-7-6-8-16(17)14(2)19-15-10-12-18(3,4)13-11-15/h6-9,14-15,19H,5,10-13H2,1-4H3. The van der Waals surface area contributed by atoms with Crippen LogP contribution in [0.3, 0.4) is 0 Å². The van der Waals surface area contributed by atoms with Crippen molar-refractivity contribution >= 4 is 0 Å². The van der Waals surface area contributed by atoms with Gasteiger partial charge in [-0.2, -0.15) is 0 Å². The predicted octanol–water partition coefficient (Wildman–Crippen LogP) is 4.70. The highest BCUT2D eigenvalue weighted by atomic mass is 16.5. The van der Waals surface area contributed by atoms with Gasteiger partial charge >= 0.3 is 0 Å². The van der Waals surface area contributed by atoms with Gasteiger partial charge in [-0.3, -0.25) is 0 Å². The fourth-order valence-corrected chi connectivity index (χ4v) is 3.13. The first-order valence-electron chi connectivity index (χ1n) is 7.99. The maximum Gasteiger partial charge on any atom is 0.124 e. The van der Waals surface area contributed by atoms with Crippen LogP contribution in [0, 0.1) is 5.41 Å². The first-order chi connectivity index (χ1) is 9.52. The Bertz CT molecular complexity index is 417. The van der Waals surface area contributed by atoms with Gasteiger partial charge in [0.15, 0.2) is 0 Å². The number of benzene rings is 1. The zero-order chi connectivity index (χ0) is 14.6. The van der Waals surface area contributed by atoms with Gasteiger partial charge in [0.2, 0.25) is 0 Å². The van der Waals surface area contributed by atoms with Gasteiger partial charge in [-0.1, -0.05) is 32.0 Å². The minimum Gasteiger partial charge on any atom is -0.494 e. The molecule has 0 saturated heterocycles. The number of para-hydroxylation sites is 1. The average Bonchev–Trinajstić information content (AvgIpc) is 2.42. The van der Waals surface area contributed by atoms with Gasteiger partial charge in [-0.05, 0) is 51.0 Å². The molecule has 0 amide bonds. The van der Waals surface area contributed by atoms with Crippen molar-refractivity contribution in [3.63, 3.8) is 0 Å². The van der Waals surface area contributed by atoms with E-state index in [1.54, 1.807) is 0 Å². The fourth-order valence-electron chi connectivity index (χ4n) is 3.13. The molecule has 0 aromatic heterocycles. The Morgan fingerprint density at radius 1 is 1.25 bits per heavy atom. The summed E-state index contributed by atoms with van der Waals surface area (Å²) in [5, 5.41) is 3.79. The molecule has 1 N–H and O–H groups in total. The van der Waals surface area contributed by atoms with Gasteiger partial charge < -0.3 is 10.1 Å². The quantitative estimate of drug-likeness (QED) is 0.840. The molecule has 1 fully saturated rings. The third kappa shape index (κ3) is 3.99. The molecule has 2 rings (SSSR count). The van der Waals surface area contributed by atoms with Crippen LogP contribution in [-0.2, 0) is 0 Å². The Kier molecular flexibility index (Phi) is 5.09. The lowest BCUT2D eigenvalue weighted by atomic mass is 9.75. The number of ether oxygens (including phenoxy) is 1. The lowest BCUT2D eigenvalue weighted by molar-refractivity contribution is 0.199. The van der Waals surface area contributed by atoms with Crippen LogP contribution in [0.2, 0.25) is 0 Å². The molecule has 1 atom stereocenters. The Labute approximate surface area is 123 Å². The van der Waals surface area contributed by atoms with E-state index in [9.17, 15) is 0 Å². The maximum atomic E-state index is 5.74. The summed E-state index contributed by atoms with van der Waals surface area (Å²) in [6.07, 6.45) is 5.22. The van der Waals surface area contributed by atoms with Crippen LogP contribution in [0.4, 0.5) is 0 Å². The van der Waals surface area contributed by atoms with Crippen LogP contribution in [0.25, 0.3) is 0 Å². The normalized spacial score (nSPS) is 20.6. The number of hydrogen-bond donors (Lipinski definition) is 1. The number of hydrogen-bond acceptors (Lipinski definition) is 2. The molecule has 2 heteroatoms. The van der Waals surface area contributed by atoms with E-state index in [1.807, 2.05) is 13.0 Å². The fraction of sp³-hybridized carbons (Fsp3) is 0.667. The van der Waals surface area contributed by atoms with E-state index in [0.717, 1.165) is 12.4 Å². The molecule has 1 aromatic carbocycles. The molecule has 1 aliphatic rings. The van der Waals surface area contributed by atoms with Crippen molar-refractivity contribution in [1.82, 2.24) is 5.32 Å². The van der Waals surface area contributed by atoms with E-state index in [1.165, 1.54) is 31.2 Å².